The Morgan fingerprint density at radius 2 is 2.06 bits per heavy atom. The molecule has 17 heavy (non-hydrogen) atoms. The van der Waals surface area contributed by atoms with Crippen LogP contribution in [0.1, 0.15) is 34.1 Å². The van der Waals surface area contributed by atoms with Gasteiger partial charge < -0.3 is 16.0 Å². The lowest BCUT2D eigenvalue weighted by Crippen LogP contribution is -2.44. The van der Waals surface area contributed by atoms with E-state index >= 15 is 0 Å². The first kappa shape index (κ1) is 14.3. The standard InChI is InChI=1S/C13H27N3O/c1-9(2)11(4)15-13(17)16-7-10(3)12(8-16)5-6-14/h9-12H,5-8,14H2,1-4H3,(H,15,17)/t10-,11?,12-/m1/s1. The van der Waals surface area contributed by atoms with Gasteiger partial charge in [-0.2, -0.15) is 0 Å². The van der Waals surface area contributed by atoms with Gasteiger partial charge in [-0.25, -0.2) is 4.79 Å². The molecule has 1 unspecified atom stereocenters. The predicted octanol–water partition coefficient (Wildman–Crippen LogP) is 1.66. The number of urea groups is 1. The zero-order valence-corrected chi connectivity index (χ0v) is 11.6. The van der Waals surface area contributed by atoms with Gasteiger partial charge in [0.15, 0.2) is 0 Å². The van der Waals surface area contributed by atoms with E-state index in [1.165, 1.54) is 0 Å². The van der Waals surface area contributed by atoms with E-state index in [2.05, 4.69) is 33.0 Å². The van der Waals surface area contributed by atoms with Gasteiger partial charge in [0.25, 0.3) is 0 Å². The van der Waals surface area contributed by atoms with Crippen LogP contribution < -0.4 is 11.1 Å². The first-order valence-electron chi connectivity index (χ1n) is 6.71. The Balaban J connectivity index is 2.44. The molecule has 0 spiro atoms. The molecule has 3 atom stereocenters. The van der Waals surface area contributed by atoms with Crippen molar-refractivity contribution in [3.63, 3.8) is 0 Å². The topological polar surface area (TPSA) is 58.4 Å². The van der Waals surface area contributed by atoms with Gasteiger partial charge >= 0.3 is 6.03 Å². The monoisotopic (exact) mass is 241 g/mol. The summed E-state index contributed by atoms with van der Waals surface area (Å²) in [5.41, 5.74) is 5.59. The van der Waals surface area contributed by atoms with Crippen LogP contribution in [0.2, 0.25) is 0 Å². The molecule has 0 aromatic heterocycles. The summed E-state index contributed by atoms with van der Waals surface area (Å²) in [6, 6.07) is 0.309. The molecule has 4 heteroatoms. The molecular weight excluding hydrogens is 214 g/mol. The molecule has 0 saturated carbocycles. The number of carbonyl (C=O) groups is 1. The summed E-state index contributed by atoms with van der Waals surface area (Å²) in [4.78, 5) is 14.0. The molecule has 1 rings (SSSR count). The van der Waals surface area contributed by atoms with Crippen molar-refractivity contribution in [2.75, 3.05) is 19.6 Å². The summed E-state index contributed by atoms with van der Waals surface area (Å²) in [6.07, 6.45) is 1.02. The van der Waals surface area contributed by atoms with Crippen molar-refractivity contribution in [3.8, 4) is 0 Å². The molecule has 1 fully saturated rings. The fourth-order valence-corrected chi connectivity index (χ4v) is 2.24. The van der Waals surface area contributed by atoms with Crippen LogP contribution in [0, 0.1) is 17.8 Å². The highest BCUT2D eigenvalue weighted by Gasteiger charge is 2.32. The van der Waals surface area contributed by atoms with Gasteiger partial charge in [0.1, 0.15) is 0 Å². The molecule has 0 radical (unpaired) electrons. The lowest BCUT2D eigenvalue weighted by Gasteiger charge is -2.23. The summed E-state index contributed by atoms with van der Waals surface area (Å²) in [6.45, 7) is 10.9. The second kappa shape index (κ2) is 6.24. The second-order valence-corrected chi connectivity index (χ2v) is 5.70. The average molecular weight is 241 g/mol. The first-order valence-corrected chi connectivity index (χ1v) is 6.71. The third-order valence-electron chi connectivity index (χ3n) is 3.94. The third-order valence-corrected chi connectivity index (χ3v) is 3.94. The van der Waals surface area contributed by atoms with E-state index in [-0.39, 0.29) is 12.1 Å². The molecule has 1 aliphatic rings. The van der Waals surface area contributed by atoms with Gasteiger partial charge in [-0.05, 0) is 37.6 Å². The summed E-state index contributed by atoms with van der Waals surface area (Å²) < 4.78 is 0. The minimum absolute atomic E-state index is 0.0811. The van der Waals surface area contributed by atoms with Crippen LogP contribution >= 0.6 is 0 Å². The van der Waals surface area contributed by atoms with Crippen LogP contribution in [-0.2, 0) is 0 Å². The van der Waals surface area contributed by atoms with Crippen LogP contribution in [0.5, 0.6) is 0 Å². The molecule has 100 valence electrons. The number of likely N-dealkylation sites (tertiary alicyclic amines) is 1. The Morgan fingerprint density at radius 3 is 2.59 bits per heavy atom. The normalized spacial score (nSPS) is 26.4. The number of nitrogens with two attached hydrogens (primary N) is 1. The Bertz CT molecular complexity index is 255. The minimum Gasteiger partial charge on any atom is -0.335 e. The zero-order chi connectivity index (χ0) is 13.0. The largest absolute Gasteiger partial charge is 0.335 e. The van der Waals surface area contributed by atoms with Crippen molar-refractivity contribution < 1.29 is 4.79 Å². The molecule has 3 N–H and O–H groups in total. The molecule has 1 aliphatic heterocycles. The molecule has 2 amide bonds. The SMILES string of the molecule is CC(C)C(C)NC(=O)N1C[C@@H](CCN)[C@H](C)C1. The molecule has 0 aromatic carbocycles. The number of hydrogen-bond acceptors (Lipinski definition) is 2. The number of nitrogens with zero attached hydrogens (tertiary/aromatic N) is 1. The van der Waals surface area contributed by atoms with Gasteiger partial charge in [0.2, 0.25) is 0 Å². The Hall–Kier alpha value is -0.770. The predicted molar refractivity (Wildman–Crippen MR) is 70.7 cm³/mol. The highest BCUT2D eigenvalue weighted by molar-refractivity contribution is 5.74. The van der Waals surface area contributed by atoms with Crippen molar-refractivity contribution in [1.29, 1.82) is 0 Å². The lowest BCUT2D eigenvalue weighted by atomic mass is 9.95. The maximum absolute atomic E-state index is 12.0. The second-order valence-electron chi connectivity index (χ2n) is 5.70. The Labute approximate surface area is 105 Å². The van der Waals surface area contributed by atoms with E-state index in [4.69, 9.17) is 5.73 Å². The number of hydrogen-bond donors (Lipinski definition) is 2. The molecule has 4 nitrogen and oxygen atoms in total. The van der Waals surface area contributed by atoms with E-state index in [9.17, 15) is 4.79 Å². The van der Waals surface area contributed by atoms with E-state index in [0.29, 0.717) is 24.3 Å². The Morgan fingerprint density at radius 1 is 1.41 bits per heavy atom. The molecule has 1 saturated heterocycles. The number of carbonyl (C=O) groups excluding carboxylic acids is 1. The smallest absolute Gasteiger partial charge is 0.317 e. The van der Waals surface area contributed by atoms with E-state index in [0.717, 1.165) is 19.5 Å². The van der Waals surface area contributed by atoms with Crippen LogP contribution in [0.3, 0.4) is 0 Å². The molecule has 0 aromatic rings. The summed E-state index contributed by atoms with van der Waals surface area (Å²) in [5, 5.41) is 3.06. The van der Waals surface area contributed by atoms with E-state index in [1.807, 2.05) is 4.90 Å². The average Bonchev–Trinajstić information content (AvgIpc) is 2.61. The molecular formula is C13H27N3O. The van der Waals surface area contributed by atoms with Crippen molar-refractivity contribution >= 4 is 6.03 Å². The molecule has 1 heterocycles. The molecule has 0 aliphatic carbocycles. The van der Waals surface area contributed by atoms with Crippen molar-refractivity contribution in [2.45, 2.75) is 40.2 Å². The van der Waals surface area contributed by atoms with Crippen LogP contribution in [0.4, 0.5) is 4.79 Å². The van der Waals surface area contributed by atoms with Crippen LogP contribution in [0.25, 0.3) is 0 Å². The van der Waals surface area contributed by atoms with Gasteiger partial charge in [0, 0.05) is 19.1 Å². The van der Waals surface area contributed by atoms with Crippen molar-refractivity contribution in [2.24, 2.45) is 23.5 Å². The van der Waals surface area contributed by atoms with Gasteiger partial charge in [-0.3, -0.25) is 0 Å². The highest BCUT2D eigenvalue weighted by atomic mass is 16.2. The highest BCUT2D eigenvalue weighted by Crippen LogP contribution is 2.25. The maximum atomic E-state index is 12.0. The van der Waals surface area contributed by atoms with E-state index < -0.39 is 0 Å². The van der Waals surface area contributed by atoms with Gasteiger partial charge in [0.05, 0.1) is 0 Å². The van der Waals surface area contributed by atoms with Crippen LogP contribution in [-0.4, -0.2) is 36.6 Å². The quantitative estimate of drug-likeness (QED) is 0.786. The van der Waals surface area contributed by atoms with E-state index in [1.54, 1.807) is 0 Å². The summed E-state index contributed by atoms with van der Waals surface area (Å²) in [7, 11) is 0. The number of rotatable bonds is 4. The van der Waals surface area contributed by atoms with Crippen LogP contribution in [0.15, 0.2) is 0 Å². The number of amides is 2. The first-order chi connectivity index (χ1) is 7.95. The van der Waals surface area contributed by atoms with Crippen molar-refractivity contribution in [1.82, 2.24) is 10.2 Å². The fraction of sp³-hybridized carbons (Fsp3) is 0.923. The van der Waals surface area contributed by atoms with Gasteiger partial charge in [-0.1, -0.05) is 20.8 Å². The van der Waals surface area contributed by atoms with Crippen molar-refractivity contribution in [3.05, 3.63) is 0 Å². The summed E-state index contributed by atoms with van der Waals surface area (Å²) in [5.74, 6) is 1.61. The number of nitrogens with one attached hydrogen (secondary N) is 1. The zero-order valence-electron chi connectivity index (χ0n) is 11.6. The third kappa shape index (κ3) is 3.87. The Kier molecular flexibility index (Phi) is 5.25. The maximum Gasteiger partial charge on any atom is 0.317 e. The lowest BCUT2D eigenvalue weighted by molar-refractivity contribution is 0.199. The van der Waals surface area contributed by atoms with Gasteiger partial charge in [-0.15, -0.1) is 0 Å². The summed E-state index contributed by atoms with van der Waals surface area (Å²) >= 11 is 0. The fourth-order valence-electron chi connectivity index (χ4n) is 2.24. The molecule has 0 bridgehead atoms. The minimum atomic E-state index is 0.0811.